The van der Waals surface area contributed by atoms with Gasteiger partial charge in [-0.1, -0.05) is 20.3 Å². The van der Waals surface area contributed by atoms with E-state index in [9.17, 15) is 28.7 Å². The molecule has 290 valence electrons. The van der Waals surface area contributed by atoms with Crippen molar-refractivity contribution in [1.29, 1.82) is 0 Å². The molecule has 0 radical (unpaired) electrons. The molecule has 0 aliphatic carbocycles. The molecule has 0 rings (SSSR count). The molecule has 0 aromatic rings. The lowest BCUT2D eigenvalue weighted by atomic mass is 9.63. The van der Waals surface area contributed by atoms with Gasteiger partial charge in [0.1, 0.15) is 13.2 Å². The van der Waals surface area contributed by atoms with Gasteiger partial charge in [-0.2, -0.15) is 0 Å². The van der Waals surface area contributed by atoms with Gasteiger partial charge in [-0.25, -0.2) is 0 Å². The minimum Gasteiger partial charge on any atom is -0.465 e. The van der Waals surface area contributed by atoms with Crippen LogP contribution < -0.4 is 5.73 Å². The SMILES string of the molecule is CCCC(C)(CC(C)(CC(C)(CC)C(=O)OCCN)C(=O)OCC[Si](O[Si](C)(C)C)(O[Si](C)(C)C)O[Si](C)(C)C)C(=O)OCCP(=O)(O)O. The standard InChI is InChI=1S/C31H68NO12PSi4/c1-15-17-30(4,27(34)40-20-22-45(36,37)38)25-31(5,24-29(3,16-2)26(33)39-19-18-32)28(35)41-21-23-49(42-46(6,7)8,43-47(9,10)11)44-48(12,13)14/h15-25,32H2,1-14H3,(H2,36,37,38). The molecule has 0 saturated carbocycles. The van der Waals surface area contributed by atoms with Crippen LogP contribution in [0.2, 0.25) is 65.0 Å². The number of carbonyl (C=O) groups excluding carboxylic acids is 3. The van der Waals surface area contributed by atoms with Crippen LogP contribution in [-0.4, -0.2) is 94.0 Å². The maximum Gasteiger partial charge on any atom is 0.473 e. The van der Waals surface area contributed by atoms with Gasteiger partial charge in [-0.3, -0.25) is 18.9 Å². The zero-order valence-corrected chi connectivity index (χ0v) is 37.7. The Morgan fingerprint density at radius 1 is 0.653 bits per heavy atom. The van der Waals surface area contributed by atoms with Crippen molar-refractivity contribution in [1.82, 2.24) is 0 Å². The highest BCUT2D eigenvalue weighted by Crippen LogP contribution is 2.48. The molecule has 0 saturated heterocycles. The first kappa shape index (κ1) is 48.3. The van der Waals surface area contributed by atoms with E-state index in [0.29, 0.717) is 19.3 Å². The highest BCUT2D eigenvalue weighted by molar-refractivity contribution is 7.51. The Kier molecular flexibility index (Phi) is 18.6. The van der Waals surface area contributed by atoms with E-state index in [4.69, 9.17) is 32.3 Å². The Labute approximate surface area is 300 Å². The van der Waals surface area contributed by atoms with E-state index in [2.05, 4.69) is 58.9 Å². The lowest BCUT2D eigenvalue weighted by Gasteiger charge is -2.43. The topological polar surface area (TPSA) is 190 Å². The Morgan fingerprint density at radius 3 is 1.43 bits per heavy atom. The van der Waals surface area contributed by atoms with Crippen LogP contribution >= 0.6 is 7.60 Å². The number of hydrogen-bond donors (Lipinski definition) is 3. The van der Waals surface area contributed by atoms with E-state index in [1.165, 1.54) is 0 Å². The summed E-state index contributed by atoms with van der Waals surface area (Å²) < 4.78 is 48.5. The fraction of sp³-hybridized carbons (Fsp3) is 0.903. The van der Waals surface area contributed by atoms with Crippen LogP contribution in [0, 0.1) is 16.2 Å². The van der Waals surface area contributed by atoms with Crippen molar-refractivity contribution in [3.05, 3.63) is 0 Å². The second-order valence-corrected chi connectivity index (χ2v) is 35.6. The Hall–Kier alpha value is -0.732. The molecular formula is C31H68NO12PSi4. The highest BCUT2D eigenvalue weighted by atomic mass is 31.2. The summed E-state index contributed by atoms with van der Waals surface area (Å²) in [6, 6.07) is 0.244. The largest absolute Gasteiger partial charge is 0.473 e. The van der Waals surface area contributed by atoms with Crippen LogP contribution in [0.3, 0.4) is 0 Å². The monoisotopic (exact) mass is 789 g/mol. The molecule has 4 N–H and O–H groups in total. The number of esters is 3. The number of carbonyl (C=O) groups is 3. The molecule has 0 aliphatic heterocycles. The van der Waals surface area contributed by atoms with Crippen LogP contribution in [0.15, 0.2) is 0 Å². The lowest BCUT2D eigenvalue weighted by Crippen LogP contribution is -2.61. The van der Waals surface area contributed by atoms with Gasteiger partial charge in [0.2, 0.25) is 0 Å². The average molecular weight is 790 g/mol. The molecule has 49 heavy (non-hydrogen) atoms. The van der Waals surface area contributed by atoms with Gasteiger partial charge in [0.25, 0.3) is 0 Å². The summed E-state index contributed by atoms with van der Waals surface area (Å²) in [5, 5.41) is 0. The van der Waals surface area contributed by atoms with Crippen LogP contribution in [0.25, 0.3) is 0 Å². The van der Waals surface area contributed by atoms with Gasteiger partial charge in [0.15, 0.2) is 25.0 Å². The van der Waals surface area contributed by atoms with Crippen molar-refractivity contribution >= 4 is 59.3 Å². The maximum absolute atomic E-state index is 14.4. The summed E-state index contributed by atoms with van der Waals surface area (Å²) in [7, 11) is -14.3. The molecule has 0 aliphatic rings. The fourth-order valence-electron chi connectivity index (χ4n) is 5.90. The predicted molar refractivity (Wildman–Crippen MR) is 201 cm³/mol. The molecular weight excluding hydrogens is 722 g/mol. The summed E-state index contributed by atoms with van der Waals surface area (Å²) in [6.45, 7) is 27.1. The molecule has 0 spiro atoms. The summed E-state index contributed by atoms with van der Waals surface area (Å²) in [4.78, 5) is 59.8. The van der Waals surface area contributed by atoms with E-state index in [0.717, 1.165) is 0 Å². The molecule has 3 unspecified atom stereocenters. The number of hydrogen-bond acceptors (Lipinski definition) is 11. The molecule has 0 aromatic heterocycles. The minimum atomic E-state index is -4.40. The third-order valence-electron chi connectivity index (χ3n) is 7.61. The van der Waals surface area contributed by atoms with Crippen LogP contribution in [0.5, 0.6) is 0 Å². The third-order valence-corrected chi connectivity index (χ3v) is 20.3. The molecule has 18 heteroatoms. The first-order valence-electron chi connectivity index (χ1n) is 17.3. The van der Waals surface area contributed by atoms with Crippen molar-refractivity contribution < 1.29 is 55.3 Å². The van der Waals surface area contributed by atoms with Gasteiger partial charge in [0, 0.05) is 12.6 Å². The predicted octanol–water partition coefficient (Wildman–Crippen LogP) is 6.26. The minimum absolute atomic E-state index is 0.00140. The lowest BCUT2D eigenvalue weighted by molar-refractivity contribution is -0.169. The second kappa shape index (κ2) is 18.8. The molecule has 3 atom stereocenters. The smallest absolute Gasteiger partial charge is 0.465 e. The van der Waals surface area contributed by atoms with Crippen LogP contribution in [0.4, 0.5) is 0 Å². The zero-order valence-electron chi connectivity index (χ0n) is 32.8. The number of ether oxygens (including phenoxy) is 3. The molecule has 0 amide bonds. The van der Waals surface area contributed by atoms with Gasteiger partial charge < -0.3 is 42.1 Å². The third kappa shape index (κ3) is 18.5. The Balaban J connectivity index is 6.80. The molecule has 13 nitrogen and oxygen atoms in total. The normalized spacial score (nSPS) is 17.0. The molecule has 0 fully saturated rings. The van der Waals surface area contributed by atoms with Gasteiger partial charge >= 0.3 is 34.3 Å². The summed E-state index contributed by atoms with van der Waals surface area (Å²) in [6.07, 6.45) is 0.544. The summed E-state index contributed by atoms with van der Waals surface area (Å²) in [5.74, 6) is -1.81. The molecule has 0 heterocycles. The Bertz CT molecular complexity index is 1100. The second-order valence-electron chi connectivity index (χ2n) is 16.8. The first-order chi connectivity index (χ1) is 21.9. The van der Waals surface area contributed by atoms with Crippen molar-refractivity contribution in [2.24, 2.45) is 22.0 Å². The van der Waals surface area contributed by atoms with Crippen molar-refractivity contribution in [2.45, 2.75) is 132 Å². The van der Waals surface area contributed by atoms with Gasteiger partial charge in [-0.15, -0.1) is 0 Å². The van der Waals surface area contributed by atoms with E-state index >= 15 is 0 Å². The average Bonchev–Trinajstić information content (AvgIpc) is 2.87. The van der Waals surface area contributed by atoms with E-state index in [-0.39, 0.29) is 38.6 Å². The van der Waals surface area contributed by atoms with Crippen molar-refractivity contribution in [3.63, 3.8) is 0 Å². The maximum atomic E-state index is 14.4. The van der Waals surface area contributed by atoms with Crippen molar-refractivity contribution in [3.8, 4) is 0 Å². The Morgan fingerprint density at radius 2 is 1.04 bits per heavy atom. The van der Waals surface area contributed by atoms with E-state index in [1.807, 2.05) is 13.8 Å². The molecule has 0 aromatic carbocycles. The van der Waals surface area contributed by atoms with E-state index < -0.39 is 88.3 Å². The summed E-state index contributed by atoms with van der Waals surface area (Å²) in [5.41, 5.74) is 1.83. The van der Waals surface area contributed by atoms with Gasteiger partial charge in [-0.05, 0) is 105 Å². The summed E-state index contributed by atoms with van der Waals surface area (Å²) >= 11 is 0. The van der Waals surface area contributed by atoms with E-state index in [1.54, 1.807) is 20.8 Å². The number of nitrogens with two attached hydrogens (primary N) is 1. The quantitative estimate of drug-likeness (QED) is 0.0431. The highest BCUT2D eigenvalue weighted by Gasteiger charge is 2.53. The zero-order chi connectivity index (χ0) is 38.8. The van der Waals surface area contributed by atoms with Gasteiger partial charge in [0.05, 0.1) is 29.0 Å². The van der Waals surface area contributed by atoms with Crippen LogP contribution in [0.1, 0.15) is 66.7 Å². The first-order valence-corrected chi connectivity index (χ1v) is 31.2. The molecule has 0 bridgehead atoms. The fourth-order valence-corrected chi connectivity index (χ4v) is 20.6. The van der Waals surface area contributed by atoms with Crippen LogP contribution in [-0.2, 0) is 45.5 Å². The number of rotatable bonds is 24. The van der Waals surface area contributed by atoms with Crippen molar-refractivity contribution in [2.75, 3.05) is 32.5 Å².